The Hall–Kier alpha value is -3.02. The van der Waals surface area contributed by atoms with Crippen LogP contribution in [0.1, 0.15) is 65.1 Å². The molecular formula is C25H28N4O2. The number of Topliss-reactive ketones (excluding diaryl/α,β-unsaturated/α-hetero) is 1. The summed E-state index contributed by atoms with van der Waals surface area (Å²) >= 11 is 0. The van der Waals surface area contributed by atoms with Crippen molar-refractivity contribution in [1.82, 2.24) is 19.5 Å². The van der Waals surface area contributed by atoms with E-state index in [4.69, 9.17) is 0 Å². The summed E-state index contributed by atoms with van der Waals surface area (Å²) in [5, 5.41) is 4.47. The zero-order valence-corrected chi connectivity index (χ0v) is 18.2. The Morgan fingerprint density at radius 1 is 1.10 bits per heavy atom. The molecule has 0 bridgehead atoms. The third-order valence-corrected chi connectivity index (χ3v) is 6.71. The van der Waals surface area contributed by atoms with E-state index in [1.807, 2.05) is 11.0 Å². The van der Waals surface area contributed by atoms with Crippen molar-refractivity contribution in [2.75, 3.05) is 13.1 Å². The van der Waals surface area contributed by atoms with E-state index in [1.165, 1.54) is 5.56 Å². The van der Waals surface area contributed by atoms with Crippen LogP contribution in [-0.4, -0.2) is 44.3 Å². The number of carbonyl (C=O) groups excluding carboxylic acids is 2. The molecule has 1 fully saturated rings. The maximum absolute atomic E-state index is 13.3. The maximum atomic E-state index is 13.3. The number of hydrogen-bond acceptors (Lipinski definition) is 4. The summed E-state index contributed by atoms with van der Waals surface area (Å²) in [7, 11) is 0. The van der Waals surface area contributed by atoms with Crippen molar-refractivity contribution >= 4 is 17.3 Å². The van der Waals surface area contributed by atoms with Crippen LogP contribution >= 0.6 is 0 Å². The van der Waals surface area contributed by atoms with Crippen molar-refractivity contribution in [2.45, 2.75) is 46.0 Å². The van der Waals surface area contributed by atoms with Crippen molar-refractivity contribution in [3.8, 4) is 0 Å². The van der Waals surface area contributed by atoms with Crippen molar-refractivity contribution in [3.63, 3.8) is 0 Å². The lowest BCUT2D eigenvalue weighted by atomic mass is 9.76. The lowest BCUT2D eigenvalue weighted by Crippen LogP contribution is -2.39. The van der Waals surface area contributed by atoms with Crippen LogP contribution in [0, 0.1) is 11.3 Å². The first-order chi connectivity index (χ1) is 14.9. The van der Waals surface area contributed by atoms with Crippen molar-refractivity contribution in [1.29, 1.82) is 0 Å². The van der Waals surface area contributed by atoms with Gasteiger partial charge in [0.2, 0.25) is 0 Å². The molecular weight excluding hydrogens is 388 g/mol. The number of hydrogen-bond donors (Lipinski definition) is 0. The number of carbonyl (C=O) groups is 2. The third kappa shape index (κ3) is 3.75. The summed E-state index contributed by atoms with van der Waals surface area (Å²) in [6.45, 7) is 5.69. The van der Waals surface area contributed by atoms with Gasteiger partial charge in [0, 0.05) is 25.7 Å². The molecule has 5 rings (SSSR count). The van der Waals surface area contributed by atoms with Crippen LogP contribution in [0.2, 0.25) is 0 Å². The topological polar surface area (TPSA) is 67.6 Å². The summed E-state index contributed by atoms with van der Waals surface area (Å²) in [6.07, 6.45) is 7.58. The molecule has 6 nitrogen and oxygen atoms in total. The molecule has 6 heteroatoms. The number of amides is 1. The minimum atomic E-state index is -0.116. The molecule has 31 heavy (non-hydrogen) atoms. The average molecular weight is 417 g/mol. The molecule has 3 aromatic rings. The summed E-state index contributed by atoms with van der Waals surface area (Å²) < 4.78 is 1.71. The largest absolute Gasteiger partial charge is 0.338 e. The minimum absolute atomic E-state index is 0.0120. The first-order valence-corrected chi connectivity index (χ1v) is 11.1. The van der Waals surface area contributed by atoms with Gasteiger partial charge >= 0.3 is 0 Å². The predicted octanol–water partition coefficient (Wildman–Crippen LogP) is 3.98. The molecule has 0 N–H and O–H groups in total. The maximum Gasteiger partial charge on any atom is 0.259 e. The number of ketones is 1. The van der Waals surface area contributed by atoms with Gasteiger partial charge < -0.3 is 4.90 Å². The second-order valence-electron chi connectivity index (χ2n) is 9.78. The molecule has 0 atom stereocenters. The smallest absolute Gasteiger partial charge is 0.259 e. The van der Waals surface area contributed by atoms with Gasteiger partial charge in [-0.1, -0.05) is 44.2 Å². The van der Waals surface area contributed by atoms with Gasteiger partial charge in [0.25, 0.3) is 5.91 Å². The van der Waals surface area contributed by atoms with Gasteiger partial charge in [-0.15, -0.1) is 0 Å². The number of likely N-dealkylation sites (tertiary alicyclic amines) is 1. The highest BCUT2D eigenvalue weighted by atomic mass is 16.2. The van der Waals surface area contributed by atoms with E-state index < -0.39 is 0 Å². The van der Waals surface area contributed by atoms with Gasteiger partial charge in [0.05, 0.1) is 17.5 Å². The van der Waals surface area contributed by atoms with E-state index in [0.29, 0.717) is 29.1 Å². The number of benzene rings is 1. The Labute approximate surface area is 182 Å². The lowest BCUT2D eigenvalue weighted by Gasteiger charge is -2.32. The van der Waals surface area contributed by atoms with Gasteiger partial charge in [-0.05, 0) is 42.6 Å². The summed E-state index contributed by atoms with van der Waals surface area (Å²) in [5.74, 6) is 0.695. The molecule has 0 saturated carbocycles. The first kappa shape index (κ1) is 19.9. The van der Waals surface area contributed by atoms with Crippen molar-refractivity contribution < 1.29 is 9.59 Å². The molecule has 3 heterocycles. The fourth-order valence-corrected chi connectivity index (χ4v) is 5.04. The average Bonchev–Trinajstić information content (AvgIpc) is 3.18. The lowest BCUT2D eigenvalue weighted by molar-refractivity contribution is 0.0692. The predicted molar refractivity (Wildman–Crippen MR) is 118 cm³/mol. The highest BCUT2D eigenvalue weighted by Gasteiger charge is 2.34. The van der Waals surface area contributed by atoms with Gasteiger partial charge in [-0.3, -0.25) is 9.59 Å². The molecule has 0 radical (unpaired) electrons. The van der Waals surface area contributed by atoms with Crippen molar-refractivity contribution in [3.05, 3.63) is 65.1 Å². The van der Waals surface area contributed by atoms with Gasteiger partial charge in [-0.25, -0.2) is 9.50 Å². The van der Waals surface area contributed by atoms with Crippen molar-refractivity contribution in [2.24, 2.45) is 11.3 Å². The normalized spacial score (nSPS) is 18.9. The van der Waals surface area contributed by atoms with Crippen LogP contribution in [-0.2, 0) is 12.8 Å². The highest BCUT2D eigenvalue weighted by molar-refractivity contribution is 6.01. The molecule has 1 aliphatic heterocycles. The summed E-state index contributed by atoms with van der Waals surface area (Å²) in [6, 6.07) is 10.6. The second-order valence-corrected chi connectivity index (χ2v) is 9.78. The van der Waals surface area contributed by atoms with E-state index in [1.54, 1.807) is 16.9 Å². The van der Waals surface area contributed by atoms with E-state index in [9.17, 15) is 9.59 Å². The Morgan fingerprint density at radius 3 is 2.58 bits per heavy atom. The Morgan fingerprint density at radius 2 is 1.84 bits per heavy atom. The number of rotatable bonds is 3. The zero-order valence-electron chi connectivity index (χ0n) is 18.2. The first-order valence-electron chi connectivity index (χ1n) is 11.1. The van der Waals surface area contributed by atoms with E-state index in [0.717, 1.165) is 44.5 Å². The summed E-state index contributed by atoms with van der Waals surface area (Å²) in [4.78, 5) is 32.2. The van der Waals surface area contributed by atoms with Gasteiger partial charge in [0.15, 0.2) is 11.4 Å². The molecule has 0 spiro atoms. The molecule has 1 amide bonds. The third-order valence-electron chi connectivity index (χ3n) is 6.71. The van der Waals surface area contributed by atoms with E-state index in [-0.39, 0.29) is 17.1 Å². The highest BCUT2D eigenvalue weighted by Crippen LogP contribution is 2.35. The Kier molecular flexibility index (Phi) is 4.88. The molecule has 2 aromatic heterocycles. The molecule has 1 aliphatic carbocycles. The van der Waals surface area contributed by atoms with Gasteiger partial charge in [0.1, 0.15) is 5.56 Å². The molecule has 1 aromatic carbocycles. The fraction of sp³-hybridized carbons (Fsp3) is 0.440. The van der Waals surface area contributed by atoms with Crippen LogP contribution < -0.4 is 0 Å². The van der Waals surface area contributed by atoms with Crippen LogP contribution in [0.15, 0.2) is 42.7 Å². The molecule has 2 aliphatic rings. The SMILES string of the molecule is CC1(C)CC(=O)c2cnc3c(C(=O)N4CCC(Cc5ccccc5)CC4)cnn3c2C1. The molecule has 160 valence electrons. The number of piperidine rings is 1. The molecule has 1 saturated heterocycles. The second kappa shape index (κ2) is 7.59. The van der Waals surface area contributed by atoms with E-state index >= 15 is 0 Å². The van der Waals surface area contributed by atoms with Gasteiger partial charge in [-0.2, -0.15) is 5.10 Å². The number of fused-ring (bicyclic) bond motifs is 3. The zero-order chi connectivity index (χ0) is 21.6. The minimum Gasteiger partial charge on any atom is -0.338 e. The Balaban J connectivity index is 1.34. The Bertz CT molecular complexity index is 1140. The quantitative estimate of drug-likeness (QED) is 0.648. The molecule has 0 unspecified atom stereocenters. The number of aromatic nitrogens is 3. The standard InChI is InChI=1S/C25H28N4O2/c1-25(2)13-21-19(22(30)14-25)15-26-23-20(16-27-29(21)23)24(31)28-10-8-18(9-11-28)12-17-6-4-3-5-7-17/h3-7,15-16,18H,8-14H2,1-2H3. The number of nitrogens with zero attached hydrogens (tertiary/aromatic N) is 4. The van der Waals surface area contributed by atoms with Crippen LogP contribution in [0.25, 0.3) is 5.65 Å². The van der Waals surface area contributed by atoms with E-state index in [2.05, 4.69) is 48.2 Å². The summed E-state index contributed by atoms with van der Waals surface area (Å²) in [5.41, 5.74) is 3.83. The fourth-order valence-electron chi connectivity index (χ4n) is 5.04. The monoisotopic (exact) mass is 416 g/mol. The van der Waals surface area contributed by atoms with Crippen LogP contribution in [0.4, 0.5) is 0 Å². The van der Waals surface area contributed by atoms with Crippen LogP contribution in [0.3, 0.4) is 0 Å². The van der Waals surface area contributed by atoms with Crippen LogP contribution in [0.5, 0.6) is 0 Å².